The standard InChI is InChI=1S/C21H28N4O4/c1-3-28-20(26)17-7-9-19(22-15-17)24-10-12-25(13-11-24)21(27)23-16(2)6-8-18-5-4-14-29-18/h4-5,7,9,14-16H,3,6,8,10-13H2,1-2H3,(H,23,27). The number of furan rings is 1. The van der Waals surface area contributed by atoms with Gasteiger partial charge in [0, 0.05) is 44.8 Å². The summed E-state index contributed by atoms with van der Waals surface area (Å²) in [5.41, 5.74) is 0.442. The first-order valence-electron chi connectivity index (χ1n) is 10.0. The molecule has 0 saturated carbocycles. The van der Waals surface area contributed by atoms with Crippen molar-refractivity contribution in [2.75, 3.05) is 37.7 Å². The summed E-state index contributed by atoms with van der Waals surface area (Å²) in [6.07, 6.45) is 4.83. The highest BCUT2D eigenvalue weighted by molar-refractivity contribution is 5.89. The second-order valence-corrected chi connectivity index (χ2v) is 7.07. The van der Waals surface area contributed by atoms with Gasteiger partial charge < -0.3 is 24.3 Å². The largest absolute Gasteiger partial charge is 0.469 e. The van der Waals surface area contributed by atoms with Crippen molar-refractivity contribution < 1.29 is 18.7 Å². The van der Waals surface area contributed by atoms with Gasteiger partial charge in [-0.15, -0.1) is 0 Å². The number of hydrogen-bond acceptors (Lipinski definition) is 6. The fourth-order valence-electron chi connectivity index (χ4n) is 3.23. The summed E-state index contributed by atoms with van der Waals surface area (Å²) < 4.78 is 10.3. The molecule has 8 heteroatoms. The molecule has 156 valence electrons. The number of piperazine rings is 1. The van der Waals surface area contributed by atoms with Crippen LogP contribution in [0.4, 0.5) is 10.6 Å². The number of anilines is 1. The Bertz CT molecular complexity index is 784. The van der Waals surface area contributed by atoms with E-state index >= 15 is 0 Å². The lowest BCUT2D eigenvalue weighted by Crippen LogP contribution is -2.53. The molecule has 8 nitrogen and oxygen atoms in total. The van der Waals surface area contributed by atoms with E-state index in [1.165, 1.54) is 6.20 Å². The fourth-order valence-corrected chi connectivity index (χ4v) is 3.23. The Morgan fingerprint density at radius 1 is 1.24 bits per heavy atom. The van der Waals surface area contributed by atoms with Crippen molar-refractivity contribution in [1.29, 1.82) is 0 Å². The number of pyridine rings is 1. The highest BCUT2D eigenvalue weighted by atomic mass is 16.5. The first-order chi connectivity index (χ1) is 14.1. The van der Waals surface area contributed by atoms with Crippen LogP contribution >= 0.6 is 0 Å². The fraction of sp³-hybridized carbons (Fsp3) is 0.476. The molecule has 1 atom stereocenters. The molecule has 0 aromatic carbocycles. The number of amides is 2. The maximum atomic E-state index is 12.5. The first kappa shape index (κ1) is 20.7. The molecule has 0 radical (unpaired) electrons. The van der Waals surface area contributed by atoms with Gasteiger partial charge in [0.05, 0.1) is 18.4 Å². The molecule has 2 aromatic rings. The highest BCUT2D eigenvalue weighted by Crippen LogP contribution is 2.15. The smallest absolute Gasteiger partial charge is 0.339 e. The van der Waals surface area contributed by atoms with Crippen LogP contribution in [-0.4, -0.2) is 60.7 Å². The number of rotatable bonds is 7. The predicted octanol–water partition coefficient (Wildman–Crippen LogP) is 2.70. The average Bonchev–Trinajstić information content (AvgIpc) is 3.26. The minimum Gasteiger partial charge on any atom is -0.469 e. The van der Waals surface area contributed by atoms with Gasteiger partial charge in [0.25, 0.3) is 0 Å². The van der Waals surface area contributed by atoms with E-state index in [4.69, 9.17) is 9.15 Å². The Hall–Kier alpha value is -3.03. The van der Waals surface area contributed by atoms with Gasteiger partial charge in [-0.3, -0.25) is 0 Å². The number of hydrogen-bond donors (Lipinski definition) is 1. The molecule has 0 spiro atoms. The maximum absolute atomic E-state index is 12.5. The molecule has 1 unspecified atom stereocenters. The van der Waals surface area contributed by atoms with E-state index in [2.05, 4.69) is 15.2 Å². The molecule has 1 saturated heterocycles. The quantitative estimate of drug-likeness (QED) is 0.719. The van der Waals surface area contributed by atoms with E-state index in [0.717, 1.165) is 24.4 Å². The van der Waals surface area contributed by atoms with Crippen molar-refractivity contribution in [1.82, 2.24) is 15.2 Å². The van der Waals surface area contributed by atoms with Gasteiger partial charge in [-0.05, 0) is 44.5 Å². The van der Waals surface area contributed by atoms with Gasteiger partial charge in [-0.25, -0.2) is 14.6 Å². The monoisotopic (exact) mass is 400 g/mol. The van der Waals surface area contributed by atoms with Gasteiger partial charge in [-0.1, -0.05) is 0 Å². The van der Waals surface area contributed by atoms with Crippen LogP contribution in [0.25, 0.3) is 0 Å². The summed E-state index contributed by atoms with van der Waals surface area (Å²) in [7, 11) is 0. The van der Waals surface area contributed by atoms with Crippen molar-refractivity contribution in [2.45, 2.75) is 32.7 Å². The SMILES string of the molecule is CCOC(=O)c1ccc(N2CCN(C(=O)NC(C)CCc3ccco3)CC2)nc1. The molecule has 2 amide bonds. The molecule has 1 aliphatic rings. The molecule has 1 N–H and O–H groups in total. The molecule has 1 aliphatic heterocycles. The predicted molar refractivity (Wildman–Crippen MR) is 109 cm³/mol. The molecular weight excluding hydrogens is 372 g/mol. The van der Waals surface area contributed by atoms with E-state index in [-0.39, 0.29) is 18.0 Å². The zero-order chi connectivity index (χ0) is 20.6. The lowest BCUT2D eigenvalue weighted by Gasteiger charge is -2.36. The van der Waals surface area contributed by atoms with Crippen LogP contribution < -0.4 is 10.2 Å². The van der Waals surface area contributed by atoms with E-state index in [1.54, 1.807) is 19.3 Å². The summed E-state index contributed by atoms with van der Waals surface area (Å²) in [5, 5.41) is 3.06. The second-order valence-electron chi connectivity index (χ2n) is 7.07. The van der Waals surface area contributed by atoms with E-state index in [1.807, 2.05) is 30.0 Å². The summed E-state index contributed by atoms with van der Waals surface area (Å²) in [6.45, 7) is 6.75. The van der Waals surface area contributed by atoms with Crippen molar-refractivity contribution in [3.8, 4) is 0 Å². The highest BCUT2D eigenvalue weighted by Gasteiger charge is 2.23. The Balaban J connectivity index is 1.43. The summed E-state index contributed by atoms with van der Waals surface area (Å²) in [4.78, 5) is 32.5. The number of carbonyl (C=O) groups is 2. The Morgan fingerprint density at radius 3 is 2.66 bits per heavy atom. The van der Waals surface area contributed by atoms with Crippen LogP contribution in [-0.2, 0) is 11.2 Å². The molecule has 2 aromatic heterocycles. The number of nitrogens with one attached hydrogen (secondary N) is 1. The maximum Gasteiger partial charge on any atom is 0.339 e. The summed E-state index contributed by atoms with van der Waals surface area (Å²) in [6, 6.07) is 7.39. The molecule has 3 heterocycles. The van der Waals surface area contributed by atoms with Crippen molar-refractivity contribution in [3.05, 3.63) is 48.0 Å². The first-order valence-corrected chi connectivity index (χ1v) is 10.0. The van der Waals surface area contributed by atoms with Crippen LogP contribution in [0.1, 0.15) is 36.4 Å². The number of ether oxygens (including phenoxy) is 1. The Morgan fingerprint density at radius 2 is 2.03 bits per heavy atom. The van der Waals surface area contributed by atoms with E-state index in [0.29, 0.717) is 38.3 Å². The minimum atomic E-state index is -0.366. The van der Waals surface area contributed by atoms with Gasteiger partial charge >= 0.3 is 12.0 Å². The van der Waals surface area contributed by atoms with Crippen molar-refractivity contribution >= 4 is 17.8 Å². The lowest BCUT2D eigenvalue weighted by molar-refractivity contribution is 0.0526. The van der Waals surface area contributed by atoms with Gasteiger partial charge in [0.1, 0.15) is 11.6 Å². The average molecular weight is 400 g/mol. The van der Waals surface area contributed by atoms with Crippen LogP contribution in [0, 0.1) is 0 Å². The molecule has 0 bridgehead atoms. The molecule has 1 fully saturated rings. The lowest BCUT2D eigenvalue weighted by atomic mass is 10.1. The van der Waals surface area contributed by atoms with E-state index < -0.39 is 0 Å². The number of aryl methyl sites for hydroxylation is 1. The van der Waals surface area contributed by atoms with Crippen LogP contribution in [0.2, 0.25) is 0 Å². The van der Waals surface area contributed by atoms with Gasteiger partial charge in [-0.2, -0.15) is 0 Å². The zero-order valence-corrected chi connectivity index (χ0v) is 17.0. The normalized spacial score (nSPS) is 15.1. The Labute approximate surface area is 170 Å². The van der Waals surface area contributed by atoms with Crippen molar-refractivity contribution in [2.24, 2.45) is 0 Å². The summed E-state index contributed by atoms with van der Waals surface area (Å²) in [5.74, 6) is 1.36. The van der Waals surface area contributed by atoms with Gasteiger partial charge in [0.15, 0.2) is 0 Å². The van der Waals surface area contributed by atoms with Crippen molar-refractivity contribution in [3.63, 3.8) is 0 Å². The number of esters is 1. The number of carbonyl (C=O) groups excluding carboxylic acids is 2. The molecule has 29 heavy (non-hydrogen) atoms. The van der Waals surface area contributed by atoms with Crippen LogP contribution in [0.3, 0.4) is 0 Å². The van der Waals surface area contributed by atoms with Crippen LogP contribution in [0.5, 0.6) is 0 Å². The summed E-state index contributed by atoms with van der Waals surface area (Å²) >= 11 is 0. The van der Waals surface area contributed by atoms with Crippen LogP contribution in [0.15, 0.2) is 41.1 Å². The number of urea groups is 1. The number of aromatic nitrogens is 1. The molecule has 0 aliphatic carbocycles. The van der Waals surface area contributed by atoms with E-state index in [9.17, 15) is 9.59 Å². The third-order valence-corrected chi connectivity index (χ3v) is 4.92. The molecular formula is C21H28N4O4. The third kappa shape index (κ3) is 5.73. The molecule has 3 rings (SSSR count). The number of nitrogens with zero attached hydrogens (tertiary/aromatic N) is 3. The Kier molecular flexibility index (Phi) is 7.10. The minimum absolute atomic E-state index is 0.0396. The second kappa shape index (κ2) is 9.95. The zero-order valence-electron chi connectivity index (χ0n) is 17.0. The third-order valence-electron chi connectivity index (χ3n) is 4.92. The van der Waals surface area contributed by atoms with Gasteiger partial charge in [0.2, 0.25) is 0 Å². The topological polar surface area (TPSA) is 87.9 Å².